The van der Waals surface area contributed by atoms with Crippen LogP contribution in [0, 0.1) is 6.92 Å². The van der Waals surface area contributed by atoms with E-state index in [9.17, 15) is 4.79 Å². The molecule has 1 atom stereocenters. The van der Waals surface area contributed by atoms with E-state index in [-0.39, 0.29) is 11.9 Å². The van der Waals surface area contributed by atoms with E-state index in [2.05, 4.69) is 20.3 Å². The molecule has 0 radical (unpaired) electrons. The molecule has 130 valence electrons. The van der Waals surface area contributed by atoms with Crippen molar-refractivity contribution >= 4 is 16.9 Å². The van der Waals surface area contributed by atoms with Gasteiger partial charge in [0.05, 0.1) is 25.3 Å². The maximum atomic E-state index is 12.8. The highest BCUT2D eigenvalue weighted by Crippen LogP contribution is 2.23. The number of hydrogen-bond acceptors (Lipinski definition) is 5. The van der Waals surface area contributed by atoms with Gasteiger partial charge in [-0.15, -0.1) is 5.10 Å². The summed E-state index contributed by atoms with van der Waals surface area (Å²) in [4.78, 5) is 22.2. The van der Waals surface area contributed by atoms with Crippen LogP contribution in [0.2, 0.25) is 0 Å². The maximum Gasteiger partial charge on any atom is 0.225 e. The summed E-state index contributed by atoms with van der Waals surface area (Å²) in [6, 6.07) is 7.58. The van der Waals surface area contributed by atoms with Crippen molar-refractivity contribution < 1.29 is 9.53 Å². The fraction of sp³-hybridized carbons (Fsp3) is 0.412. The minimum absolute atomic E-state index is 0.0712. The number of aryl methyl sites for hydroxylation is 2. The van der Waals surface area contributed by atoms with Crippen molar-refractivity contribution in [2.24, 2.45) is 0 Å². The number of para-hydroxylation sites is 1. The number of aromatic nitrogens is 5. The van der Waals surface area contributed by atoms with E-state index in [0.29, 0.717) is 32.7 Å². The van der Waals surface area contributed by atoms with Crippen molar-refractivity contribution in [1.29, 1.82) is 0 Å². The van der Waals surface area contributed by atoms with Gasteiger partial charge in [-0.25, -0.2) is 9.67 Å². The molecule has 1 aliphatic rings. The molecule has 4 rings (SSSR count). The van der Waals surface area contributed by atoms with Gasteiger partial charge in [0.2, 0.25) is 5.91 Å². The highest BCUT2D eigenvalue weighted by atomic mass is 16.5. The van der Waals surface area contributed by atoms with E-state index in [0.717, 1.165) is 22.6 Å². The van der Waals surface area contributed by atoms with Crippen molar-refractivity contribution in [3.63, 3.8) is 0 Å². The van der Waals surface area contributed by atoms with Crippen LogP contribution in [-0.2, 0) is 16.1 Å². The van der Waals surface area contributed by atoms with Gasteiger partial charge in [-0.2, -0.15) is 0 Å². The minimum Gasteiger partial charge on any atom is -0.377 e. The minimum atomic E-state index is -0.164. The van der Waals surface area contributed by atoms with Crippen LogP contribution in [0.5, 0.6) is 0 Å². The van der Waals surface area contributed by atoms with Gasteiger partial charge in [0.15, 0.2) is 0 Å². The molecule has 3 heterocycles. The Labute approximate surface area is 144 Å². The fourth-order valence-corrected chi connectivity index (χ4v) is 3.16. The summed E-state index contributed by atoms with van der Waals surface area (Å²) in [5.74, 6) is 0.846. The number of fused-ring (bicyclic) bond motifs is 1. The monoisotopic (exact) mass is 340 g/mol. The van der Waals surface area contributed by atoms with Gasteiger partial charge in [-0.05, 0) is 19.1 Å². The molecule has 8 heteroatoms. The van der Waals surface area contributed by atoms with Gasteiger partial charge >= 0.3 is 0 Å². The number of rotatable bonds is 4. The van der Waals surface area contributed by atoms with Crippen molar-refractivity contribution in [1.82, 2.24) is 29.9 Å². The van der Waals surface area contributed by atoms with Crippen LogP contribution in [0.4, 0.5) is 0 Å². The average molecular weight is 340 g/mol. The van der Waals surface area contributed by atoms with Gasteiger partial charge in [0.25, 0.3) is 0 Å². The van der Waals surface area contributed by atoms with Gasteiger partial charge in [-0.3, -0.25) is 4.79 Å². The van der Waals surface area contributed by atoms with Crippen molar-refractivity contribution in [2.75, 3.05) is 19.8 Å². The van der Waals surface area contributed by atoms with Crippen molar-refractivity contribution in [2.45, 2.75) is 25.9 Å². The number of carbonyl (C=O) groups excluding carboxylic acids is 1. The molecule has 8 nitrogen and oxygen atoms in total. The molecule has 1 aliphatic heterocycles. The number of morpholine rings is 1. The fourth-order valence-electron chi connectivity index (χ4n) is 3.16. The molecule has 0 saturated carbocycles. The Balaban J connectivity index is 1.47. The topological polar surface area (TPSA) is 88.9 Å². The summed E-state index contributed by atoms with van der Waals surface area (Å²) in [5, 5.41) is 8.27. The lowest BCUT2D eigenvalue weighted by molar-refractivity contribution is -0.140. The first-order chi connectivity index (χ1) is 12.2. The number of amides is 1. The predicted molar refractivity (Wildman–Crippen MR) is 90.7 cm³/mol. The van der Waals surface area contributed by atoms with Crippen LogP contribution < -0.4 is 0 Å². The maximum absolute atomic E-state index is 12.8. The number of nitrogens with zero attached hydrogens (tertiary/aromatic N) is 5. The highest BCUT2D eigenvalue weighted by molar-refractivity contribution is 5.77. The summed E-state index contributed by atoms with van der Waals surface area (Å²) in [7, 11) is 0. The molecule has 0 unspecified atom stereocenters. The predicted octanol–water partition coefficient (Wildman–Crippen LogP) is 1.45. The van der Waals surface area contributed by atoms with Crippen LogP contribution in [0.15, 0.2) is 30.5 Å². The molecule has 0 bridgehead atoms. The number of imidazole rings is 1. The summed E-state index contributed by atoms with van der Waals surface area (Å²) >= 11 is 0. The Morgan fingerprint density at radius 2 is 2.28 bits per heavy atom. The number of carbonyl (C=O) groups is 1. The second-order valence-corrected chi connectivity index (χ2v) is 6.18. The number of H-pyrrole nitrogens is 1. The summed E-state index contributed by atoms with van der Waals surface area (Å²) in [6.45, 7) is 4.03. The smallest absolute Gasteiger partial charge is 0.225 e. The Bertz CT molecular complexity index is 886. The van der Waals surface area contributed by atoms with Crippen LogP contribution >= 0.6 is 0 Å². The Hall–Kier alpha value is -2.74. The molecule has 0 aliphatic carbocycles. The SMILES string of the molecule is Cc1cnc([C@H]2COCCN2C(=O)CCn2nnc3ccccc32)[nH]1. The van der Waals surface area contributed by atoms with Gasteiger partial charge < -0.3 is 14.6 Å². The second kappa shape index (κ2) is 6.64. The molecule has 0 spiro atoms. The van der Waals surface area contributed by atoms with Crippen LogP contribution in [0.3, 0.4) is 0 Å². The molecule has 1 amide bonds. The van der Waals surface area contributed by atoms with Gasteiger partial charge in [0.1, 0.15) is 17.4 Å². The number of hydrogen-bond donors (Lipinski definition) is 1. The summed E-state index contributed by atoms with van der Waals surface area (Å²) in [6.07, 6.45) is 2.14. The van der Waals surface area contributed by atoms with E-state index in [1.54, 1.807) is 10.9 Å². The van der Waals surface area contributed by atoms with E-state index < -0.39 is 0 Å². The Morgan fingerprint density at radius 3 is 3.12 bits per heavy atom. The molecule has 1 aromatic carbocycles. The van der Waals surface area contributed by atoms with Crippen LogP contribution in [0.25, 0.3) is 11.0 Å². The Kier molecular flexibility index (Phi) is 4.19. The molecule has 25 heavy (non-hydrogen) atoms. The largest absolute Gasteiger partial charge is 0.377 e. The number of nitrogens with one attached hydrogen (secondary N) is 1. The van der Waals surface area contributed by atoms with Crippen LogP contribution in [0.1, 0.15) is 24.0 Å². The summed E-state index contributed by atoms with van der Waals surface area (Å²) < 4.78 is 7.33. The van der Waals surface area contributed by atoms with Crippen molar-refractivity contribution in [3.8, 4) is 0 Å². The third kappa shape index (κ3) is 3.12. The lowest BCUT2D eigenvalue weighted by Crippen LogP contribution is -2.44. The number of benzene rings is 1. The lowest BCUT2D eigenvalue weighted by Gasteiger charge is -2.34. The molecule has 1 fully saturated rings. The number of aromatic amines is 1. The first-order valence-corrected chi connectivity index (χ1v) is 8.39. The standard InChI is InChI=1S/C17H20N6O2/c1-12-10-18-17(19-12)15-11-25-9-8-22(15)16(24)6-7-23-14-5-3-2-4-13(14)20-21-23/h2-5,10,15H,6-9,11H2,1H3,(H,18,19)/t15-/m1/s1. The zero-order chi connectivity index (χ0) is 17.2. The third-order valence-corrected chi connectivity index (χ3v) is 4.44. The lowest BCUT2D eigenvalue weighted by atomic mass is 10.2. The molecule has 2 aromatic heterocycles. The molecule has 1 saturated heterocycles. The molecule has 1 N–H and O–H groups in total. The molecule has 3 aromatic rings. The third-order valence-electron chi connectivity index (χ3n) is 4.44. The molecular formula is C17H20N6O2. The first kappa shape index (κ1) is 15.8. The van der Waals surface area contributed by atoms with Gasteiger partial charge in [-0.1, -0.05) is 17.3 Å². The first-order valence-electron chi connectivity index (χ1n) is 8.39. The van der Waals surface area contributed by atoms with E-state index in [1.165, 1.54) is 0 Å². The second-order valence-electron chi connectivity index (χ2n) is 6.18. The zero-order valence-electron chi connectivity index (χ0n) is 14.1. The highest BCUT2D eigenvalue weighted by Gasteiger charge is 2.30. The quantitative estimate of drug-likeness (QED) is 0.776. The zero-order valence-corrected chi connectivity index (χ0v) is 14.1. The summed E-state index contributed by atoms with van der Waals surface area (Å²) in [5.41, 5.74) is 2.75. The average Bonchev–Trinajstić information content (AvgIpc) is 3.26. The van der Waals surface area contributed by atoms with Crippen LogP contribution in [-0.4, -0.2) is 55.5 Å². The van der Waals surface area contributed by atoms with E-state index >= 15 is 0 Å². The Morgan fingerprint density at radius 1 is 1.40 bits per heavy atom. The number of ether oxygens (including phenoxy) is 1. The normalized spacial score (nSPS) is 18.0. The van der Waals surface area contributed by atoms with E-state index in [4.69, 9.17) is 4.74 Å². The van der Waals surface area contributed by atoms with Gasteiger partial charge in [0, 0.05) is 24.9 Å². The molecular weight excluding hydrogens is 320 g/mol. The van der Waals surface area contributed by atoms with Crippen molar-refractivity contribution in [3.05, 3.63) is 42.0 Å². The van der Waals surface area contributed by atoms with E-state index in [1.807, 2.05) is 36.1 Å².